The molecule has 1 aliphatic heterocycles. The van der Waals surface area contributed by atoms with Crippen LogP contribution in [0.25, 0.3) is 10.9 Å². The van der Waals surface area contributed by atoms with Crippen molar-refractivity contribution < 1.29 is 4.79 Å². The van der Waals surface area contributed by atoms with Gasteiger partial charge in [-0.2, -0.15) is 0 Å². The van der Waals surface area contributed by atoms with Crippen molar-refractivity contribution in [3.05, 3.63) is 54.5 Å². The molecule has 6 nitrogen and oxygen atoms in total. The number of piperazine rings is 1. The van der Waals surface area contributed by atoms with Crippen molar-refractivity contribution in [1.29, 1.82) is 0 Å². The van der Waals surface area contributed by atoms with Crippen molar-refractivity contribution in [3.8, 4) is 0 Å². The van der Waals surface area contributed by atoms with Gasteiger partial charge in [0.05, 0.1) is 0 Å². The minimum atomic E-state index is 0.0947. The normalized spacial score (nSPS) is 17.9. The number of rotatable bonds is 2. The van der Waals surface area contributed by atoms with Crippen molar-refractivity contribution in [3.63, 3.8) is 0 Å². The Labute approximate surface area is 146 Å². The summed E-state index contributed by atoms with van der Waals surface area (Å²) in [6.45, 7) is 4.19. The smallest absolute Gasteiger partial charge is 0.254 e. The number of benzene rings is 1. The lowest BCUT2D eigenvalue weighted by Crippen LogP contribution is -2.54. The number of amides is 1. The molecule has 0 spiro atoms. The van der Waals surface area contributed by atoms with Gasteiger partial charge in [0, 0.05) is 67.8 Å². The first-order chi connectivity index (χ1) is 12.1. The van der Waals surface area contributed by atoms with Gasteiger partial charge in [0.15, 0.2) is 0 Å². The minimum Gasteiger partial charge on any atom is -0.351 e. The Balaban J connectivity index is 1.56. The van der Waals surface area contributed by atoms with E-state index in [9.17, 15) is 4.79 Å². The van der Waals surface area contributed by atoms with E-state index < -0.39 is 0 Å². The van der Waals surface area contributed by atoms with Gasteiger partial charge in [0.1, 0.15) is 0 Å². The fraction of sp³-hybridized carbons (Fsp3) is 0.316. The number of hydrogen-bond acceptors (Lipinski definition) is 4. The van der Waals surface area contributed by atoms with Crippen molar-refractivity contribution in [2.75, 3.05) is 24.5 Å². The molecule has 6 heteroatoms. The van der Waals surface area contributed by atoms with E-state index in [0.717, 1.165) is 29.0 Å². The summed E-state index contributed by atoms with van der Waals surface area (Å²) >= 11 is 0. The second-order valence-corrected chi connectivity index (χ2v) is 6.51. The number of carbonyl (C=O) groups is 1. The summed E-state index contributed by atoms with van der Waals surface area (Å²) in [4.78, 5) is 25.8. The van der Waals surface area contributed by atoms with Gasteiger partial charge < -0.3 is 14.4 Å². The third-order valence-electron chi connectivity index (χ3n) is 4.88. The summed E-state index contributed by atoms with van der Waals surface area (Å²) in [7, 11) is 2.00. The number of aryl methyl sites for hydroxylation is 1. The lowest BCUT2D eigenvalue weighted by molar-refractivity contribution is 0.0727. The molecular weight excluding hydrogens is 314 g/mol. The summed E-state index contributed by atoms with van der Waals surface area (Å²) in [5.74, 6) is 0.824. The van der Waals surface area contributed by atoms with Crippen LogP contribution >= 0.6 is 0 Å². The van der Waals surface area contributed by atoms with Crippen LogP contribution in [0.15, 0.2) is 48.9 Å². The number of nitrogens with zero attached hydrogens (tertiary/aromatic N) is 5. The maximum absolute atomic E-state index is 13.1. The Bertz CT molecular complexity index is 905. The molecule has 1 aliphatic rings. The van der Waals surface area contributed by atoms with Crippen molar-refractivity contribution in [2.45, 2.75) is 13.0 Å². The molecule has 1 fully saturated rings. The van der Waals surface area contributed by atoms with E-state index >= 15 is 0 Å². The van der Waals surface area contributed by atoms with E-state index in [2.05, 4.69) is 21.8 Å². The van der Waals surface area contributed by atoms with E-state index in [1.54, 1.807) is 12.4 Å². The molecule has 128 valence electrons. The van der Waals surface area contributed by atoms with Crippen LogP contribution in [0.4, 0.5) is 5.95 Å². The first-order valence-electron chi connectivity index (χ1n) is 8.52. The molecule has 1 amide bonds. The molecule has 0 radical (unpaired) electrons. The average Bonchev–Trinajstić information content (AvgIpc) is 3.03. The Kier molecular flexibility index (Phi) is 3.87. The van der Waals surface area contributed by atoms with E-state index in [1.165, 1.54) is 0 Å². The first-order valence-corrected chi connectivity index (χ1v) is 8.52. The maximum atomic E-state index is 13.1. The molecule has 3 aromatic rings. The zero-order valence-electron chi connectivity index (χ0n) is 14.5. The zero-order valence-corrected chi connectivity index (χ0v) is 14.5. The van der Waals surface area contributed by atoms with Gasteiger partial charge in [0.25, 0.3) is 5.91 Å². The van der Waals surface area contributed by atoms with Gasteiger partial charge >= 0.3 is 0 Å². The highest BCUT2D eigenvalue weighted by molar-refractivity contribution is 6.06. The predicted molar refractivity (Wildman–Crippen MR) is 97.7 cm³/mol. The summed E-state index contributed by atoms with van der Waals surface area (Å²) in [5.41, 5.74) is 1.85. The molecule has 1 saturated heterocycles. The van der Waals surface area contributed by atoms with Gasteiger partial charge in [-0.15, -0.1) is 0 Å². The van der Waals surface area contributed by atoms with Crippen LogP contribution in [0.3, 0.4) is 0 Å². The Morgan fingerprint density at radius 1 is 1.12 bits per heavy atom. The first kappa shape index (κ1) is 15.6. The van der Waals surface area contributed by atoms with E-state index in [1.807, 2.05) is 53.0 Å². The number of carbonyl (C=O) groups excluding carboxylic acids is 1. The number of hydrogen-bond donors (Lipinski definition) is 0. The van der Waals surface area contributed by atoms with E-state index in [0.29, 0.717) is 13.1 Å². The van der Waals surface area contributed by atoms with Gasteiger partial charge in [-0.25, -0.2) is 9.97 Å². The van der Waals surface area contributed by atoms with Crippen molar-refractivity contribution in [2.24, 2.45) is 7.05 Å². The molecule has 1 aromatic carbocycles. The molecule has 1 atom stereocenters. The number of aromatic nitrogens is 3. The fourth-order valence-corrected chi connectivity index (χ4v) is 3.54. The van der Waals surface area contributed by atoms with E-state index in [4.69, 9.17) is 0 Å². The second-order valence-electron chi connectivity index (χ2n) is 6.51. The van der Waals surface area contributed by atoms with Crippen molar-refractivity contribution >= 4 is 22.8 Å². The third kappa shape index (κ3) is 2.73. The average molecular weight is 335 g/mol. The van der Waals surface area contributed by atoms with E-state index in [-0.39, 0.29) is 11.9 Å². The molecule has 4 rings (SSSR count). The Hall–Kier alpha value is -2.89. The molecule has 0 aliphatic carbocycles. The van der Waals surface area contributed by atoms with Crippen LogP contribution < -0.4 is 4.90 Å². The van der Waals surface area contributed by atoms with Crippen LogP contribution in [0.5, 0.6) is 0 Å². The predicted octanol–water partition coefficient (Wildman–Crippen LogP) is 2.32. The minimum absolute atomic E-state index is 0.0947. The van der Waals surface area contributed by atoms with Gasteiger partial charge in [0.2, 0.25) is 5.95 Å². The molecule has 3 heterocycles. The second kappa shape index (κ2) is 6.20. The summed E-state index contributed by atoms with van der Waals surface area (Å²) in [6, 6.07) is 9.92. The molecule has 0 saturated carbocycles. The molecule has 0 N–H and O–H groups in total. The number of anilines is 1. The van der Waals surface area contributed by atoms with Crippen LogP contribution in [0.2, 0.25) is 0 Å². The summed E-state index contributed by atoms with van der Waals surface area (Å²) in [6.07, 6.45) is 5.50. The highest BCUT2D eigenvalue weighted by Crippen LogP contribution is 2.23. The van der Waals surface area contributed by atoms with Gasteiger partial charge in [-0.1, -0.05) is 6.07 Å². The van der Waals surface area contributed by atoms with Crippen LogP contribution in [0.1, 0.15) is 17.3 Å². The standard InChI is InChI=1S/C19H21N5O/c1-14-13-23(11-12-24(14)19-20-8-4-9-21-19)18(25)16-5-3-6-17-15(16)7-10-22(17)2/h3-10,14H,11-13H2,1-2H3. The zero-order chi connectivity index (χ0) is 17.4. The van der Waals surface area contributed by atoms with Crippen LogP contribution in [0, 0.1) is 0 Å². The molecule has 2 aromatic heterocycles. The quantitative estimate of drug-likeness (QED) is 0.721. The third-order valence-corrected chi connectivity index (χ3v) is 4.88. The fourth-order valence-electron chi connectivity index (χ4n) is 3.54. The Morgan fingerprint density at radius 2 is 1.92 bits per heavy atom. The lowest BCUT2D eigenvalue weighted by Gasteiger charge is -2.39. The van der Waals surface area contributed by atoms with Gasteiger partial charge in [-0.3, -0.25) is 4.79 Å². The van der Waals surface area contributed by atoms with Crippen LogP contribution in [-0.4, -0.2) is 51.0 Å². The summed E-state index contributed by atoms with van der Waals surface area (Å²) in [5, 5.41) is 1.01. The molecule has 25 heavy (non-hydrogen) atoms. The lowest BCUT2D eigenvalue weighted by atomic mass is 10.1. The van der Waals surface area contributed by atoms with Crippen LogP contribution in [-0.2, 0) is 7.05 Å². The highest BCUT2D eigenvalue weighted by Gasteiger charge is 2.29. The van der Waals surface area contributed by atoms with Crippen molar-refractivity contribution in [1.82, 2.24) is 19.4 Å². The summed E-state index contributed by atoms with van der Waals surface area (Å²) < 4.78 is 2.04. The largest absolute Gasteiger partial charge is 0.351 e. The SMILES string of the molecule is CC1CN(C(=O)c2cccc3c2ccn3C)CCN1c1ncccn1. The topological polar surface area (TPSA) is 54.3 Å². The Morgan fingerprint density at radius 3 is 2.68 bits per heavy atom. The highest BCUT2D eigenvalue weighted by atomic mass is 16.2. The van der Waals surface area contributed by atoms with Gasteiger partial charge in [-0.05, 0) is 31.2 Å². The molecule has 1 unspecified atom stereocenters. The molecule has 0 bridgehead atoms. The maximum Gasteiger partial charge on any atom is 0.254 e. The molecular formula is C19H21N5O. The number of fused-ring (bicyclic) bond motifs is 1. The monoisotopic (exact) mass is 335 g/mol.